The summed E-state index contributed by atoms with van der Waals surface area (Å²) < 4.78 is 5.62. The summed E-state index contributed by atoms with van der Waals surface area (Å²) in [6.07, 6.45) is 2.07. The Bertz CT molecular complexity index is 700. The third-order valence-electron chi connectivity index (χ3n) is 4.28. The van der Waals surface area contributed by atoms with Gasteiger partial charge in [0.15, 0.2) is 0 Å². The van der Waals surface area contributed by atoms with Crippen molar-refractivity contribution in [3.05, 3.63) is 59.7 Å². The van der Waals surface area contributed by atoms with Crippen LogP contribution in [0.5, 0.6) is 5.75 Å². The Morgan fingerprint density at radius 2 is 1.96 bits per heavy atom. The number of hydrogen-bond donors (Lipinski definition) is 1. The van der Waals surface area contributed by atoms with Crippen molar-refractivity contribution >= 4 is 11.6 Å². The Balaban J connectivity index is 1.59. The fourth-order valence-electron chi connectivity index (χ4n) is 3.14. The molecule has 126 valence electrons. The number of nitrogens with zero attached hydrogens (tertiary/aromatic N) is 1. The molecule has 4 heteroatoms. The van der Waals surface area contributed by atoms with Gasteiger partial charge in [-0.15, -0.1) is 0 Å². The molecule has 1 aliphatic rings. The van der Waals surface area contributed by atoms with E-state index in [0.717, 1.165) is 36.4 Å². The second-order valence-electron chi connectivity index (χ2n) is 5.92. The van der Waals surface area contributed by atoms with Crippen molar-refractivity contribution in [3.63, 3.8) is 0 Å². The quantitative estimate of drug-likeness (QED) is 0.887. The fourth-order valence-corrected chi connectivity index (χ4v) is 3.14. The lowest BCUT2D eigenvalue weighted by molar-refractivity contribution is -0.117. The smallest absolute Gasteiger partial charge is 0.240 e. The predicted molar refractivity (Wildman–Crippen MR) is 96.4 cm³/mol. The summed E-state index contributed by atoms with van der Waals surface area (Å²) in [5.74, 6) is 0.999. The zero-order valence-electron chi connectivity index (χ0n) is 14.1. The van der Waals surface area contributed by atoms with E-state index < -0.39 is 0 Å². The highest BCUT2D eigenvalue weighted by Gasteiger charge is 2.21. The number of amides is 1. The van der Waals surface area contributed by atoms with Crippen LogP contribution in [0.1, 0.15) is 24.5 Å². The van der Waals surface area contributed by atoms with Crippen LogP contribution in [0, 0.1) is 0 Å². The molecule has 0 aromatic heterocycles. The molecule has 0 fully saturated rings. The number of ether oxygens (including phenoxy) is 1. The zero-order valence-corrected chi connectivity index (χ0v) is 14.1. The van der Waals surface area contributed by atoms with Crippen molar-refractivity contribution in [2.75, 3.05) is 24.6 Å². The van der Waals surface area contributed by atoms with Gasteiger partial charge >= 0.3 is 0 Å². The van der Waals surface area contributed by atoms with E-state index in [0.29, 0.717) is 19.7 Å². The van der Waals surface area contributed by atoms with Crippen molar-refractivity contribution in [3.8, 4) is 5.75 Å². The predicted octanol–water partition coefficient (Wildman–Crippen LogP) is 3.15. The molecular weight excluding hydrogens is 300 g/mol. The van der Waals surface area contributed by atoms with E-state index in [1.807, 2.05) is 54.3 Å². The van der Waals surface area contributed by atoms with Crippen molar-refractivity contribution in [2.24, 2.45) is 0 Å². The van der Waals surface area contributed by atoms with Gasteiger partial charge in [0.05, 0.1) is 13.2 Å². The van der Waals surface area contributed by atoms with Crippen molar-refractivity contribution in [2.45, 2.75) is 26.3 Å². The molecule has 0 bridgehead atoms. The summed E-state index contributed by atoms with van der Waals surface area (Å²) in [6.45, 7) is 4.36. The minimum Gasteiger partial charge on any atom is -0.494 e. The molecule has 1 aliphatic heterocycles. The maximum absolute atomic E-state index is 12.6. The highest BCUT2D eigenvalue weighted by atomic mass is 16.5. The first-order valence-electron chi connectivity index (χ1n) is 8.59. The van der Waals surface area contributed by atoms with Crippen LogP contribution in [0.3, 0.4) is 0 Å². The number of nitrogens with one attached hydrogen (secondary N) is 1. The first-order chi connectivity index (χ1) is 11.8. The van der Waals surface area contributed by atoms with Crippen LogP contribution in [0.4, 0.5) is 5.69 Å². The van der Waals surface area contributed by atoms with E-state index in [1.165, 1.54) is 5.56 Å². The number of aryl methyl sites for hydroxylation is 1. The summed E-state index contributed by atoms with van der Waals surface area (Å²) in [7, 11) is 0. The Hall–Kier alpha value is -2.33. The SMILES string of the molecule is CCOc1ccccc1CNCC(=O)N1CCCc2ccccc21. The summed E-state index contributed by atoms with van der Waals surface area (Å²) in [5, 5.41) is 3.26. The molecule has 24 heavy (non-hydrogen) atoms. The van der Waals surface area contributed by atoms with Gasteiger partial charge in [0.25, 0.3) is 0 Å². The second kappa shape index (κ2) is 7.97. The van der Waals surface area contributed by atoms with Gasteiger partial charge < -0.3 is 15.0 Å². The van der Waals surface area contributed by atoms with E-state index in [-0.39, 0.29) is 5.91 Å². The minimum absolute atomic E-state index is 0.121. The molecule has 0 radical (unpaired) electrons. The zero-order chi connectivity index (χ0) is 16.8. The number of carbonyl (C=O) groups excluding carboxylic acids is 1. The third kappa shape index (κ3) is 3.77. The average molecular weight is 324 g/mol. The van der Waals surface area contributed by atoms with Crippen LogP contribution >= 0.6 is 0 Å². The molecule has 2 aromatic carbocycles. The average Bonchev–Trinajstić information content (AvgIpc) is 2.63. The molecule has 3 rings (SSSR count). The molecule has 0 saturated carbocycles. The Morgan fingerprint density at radius 3 is 2.83 bits per heavy atom. The molecule has 2 aromatic rings. The Kier molecular flexibility index (Phi) is 5.49. The number of carbonyl (C=O) groups is 1. The molecule has 0 unspecified atom stereocenters. The van der Waals surface area contributed by atoms with Crippen molar-refractivity contribution in [1.29, 1.82) is 0 Å². The normalized spacial score (nSPS) is 13.5. The van der Waals surface area contributed by atoms with Crippen LogP contribution in [0.2, 0.25) is 0 Å². The lowest BCUT2D eigenvalue weighted by Crippen LogP contribution is -2.41. The highest BCUT2D eigenvalue weighted by Crippen LogP contribution is 2.26. The molecule has 4 nitrogen and oxygen atoms in total. The van der Waals surface area contributed by atoms with Crippen LogP contribution in [-0.2, 0) is 17.8 Å². The summed E-state index contributed by atoms with van der Waals surface area (Å²) in [4.78, 5) is 14.5. The molecule has 0 aliphatic carbocycles. The van der Waals surface area contributed by atoms with Crippen LogP contribution in [0.15, 0.2) is 48.5 Å². The van der Waals surface area contributed by atoms with Gasteiger partial charge in [0, 0.05) is 24.3 Å². The number of benzene rings is 2. The van der Waals surface area contributed by atoms with E-state index in [1.54, 1.807) is 0 Å². The van der Waals surface area contributed by atoms with Gasteiger partial charge in [-0.3, -0.25) is 4.79 Å². The van der Waals surface area contributed by atoms with E-state index in [4.69, 9.17) is 4.74 Å². The Morgan fingerprint density at radius 1 is 1.17 bits per heavy atom. The van der Waals surface area contributed by atoms with Crippen LogP contribution < -0.4 is 15.0 Å². The van der Waals surface area contributed by atoms with Crippen molar-refractivity contribution in [1.82, 2.24) is 5.32 Å². The molecule has 0 saturated heterocycles. The first-order valence-corrected chi connectivity index (χ1v) is 8.59. The van der Waals surface area contributed by atoms with Gasteiger partial charge in [-0.2, -0.15) is 0 Å². The lowest BCUT2D eigenvalue weighted by Gasteiger charge is -2.29. The maximum atomic E-state index is 12.6. The standard InChI is InChI=1S/C20H24N2O2/c1-2-24-19-12-6-4-9-17(19)14-21-15-20(23)22-13-7-10-16-8-3-5-11-18(16)22/h3-6,8-9,11-12,21H,2,7,10,13-15H2,1H3. The number of anilines is 1. The molecular formula is C20H24N2O2. The molecule has 0 atom stereocenters. The van der Waals surface area contributed by atoms with Gasteiger partial charge in [0.2, 0.25) is 5.91 Å². The maximum Gasteiger partial charge on any atom is 0.240 e. The molecule has 1 N–H and O–H groups in total. The molecule has 1 heterocycles. The fraction of sp³-hybridized carbons (Fsp3) is 0.350. The van der Waals surface area contributed by atoms with E-state index in [2.05, 4.69) is 11.4 Å². The van der Waals surface area contributed by atoms with Gasteiger partial charge in [0.1, 0.15) is 5.75 Å². The van der Waals surface area contributed by atoms with Crippen LogP contribution in [0.25, 0.3) is 0 Å². The highest BCUT2D eigenvalue weighted by molar-refractivity contribution is 5.95. The van der Waals surface area contributed by atoms with Gasteiger partial charge in [-0.25, -0.2) is 0 Å². The van der Waals surface area contributed by atoms with E-state index in [9.17, 15) is 4.79 Å². The number of rotatable bonds is 6. The third-order valence-corrected chi connectivity index (χ3v) is 4.28. The van der Waals surface area contributed by atoms with Crippen molar-refractivity contribution < 1.29 is 9.53 Å². The lowest BCUT2D eigenvalue weighted by atomic mass is 10.0. The second-order valence-corrected chi connectivity index (χ2v) is 5.92. The molecule has 1 amide bonds. The summed E-state index contributed by atoms with van der Waals surface area (Å²) in [5.41, 5.74) is 3.40. The first kappa shape index (κ1) is 16.5. The monoisotopic (exact) mass is 324 g/mol. The van der Waals surface area contributed by atoms with Gasteiger partial charge in [-0.05, 0) is 37.5 Å². The van der Waals surface area contributed by atoms with Crippen LogP contribution in [-0.4, -0.2) is 25.6 Å². The number of fused-ring (bicyclic) bond motifs is 1. The summed E-state index contributed by atoms with van der Waals surface area (Å²) >= 11 is 0. The molecule has 0 spiro atoms. The Labute approximate surface area is 143 Å². The number of para-hydroxylation sites is 2. The minimum atomic E-state index is 0.121. The topological polar surface area (TPSA) is 41.6 Å². The largest absolute Gasteiger partial charge is 0.494 e. The van der Waals surface area contributed by atoms with Gasteiger partial charge in [-0.1, -0.05) is 36.4 Å². The summed E-state index contributed by atoms with van der Waals surface area (Å²) in [6, 6.07) is 16.1. The number of hydrogen-bond acceptors (Lipinski definition) is 3. The van der Waals surface area contributed by atoms with E-state index >= 15 is 0 Å².